The minimum Gasteiger partial charge on any atom is -0.393 e. The number of benzene rings is 1. The fraction of sp³-hybridized carbons (Fsp3) is 0.455. The molecule has 7 nitrogen and oxygen atoms in total. The van der Waals surface area contributed by atoms with Crippen molar-refractivity contribution in [3.05, 3.63) is 28.3 Å². The molecule has 1 saturated heterocycles. The van der Waals surface area contributed by atoms with Gasteiger partial charge in [0.15, 0.2) is 0 Å². The van der Waals surface area contributed by atoms with Gasteiger partial charge in [-0.25, -0.2) is 8.42 Å². The molecule has 0 atom stereocenters. The molecule has 1 aromatic carbocycles. The highest BCUT2D eigenvalue weighted by Crippen LogP contribution is 2.27. The number of piperidine rings is 1. The Hall–Kier alpha value is -1.67. The first-order valence-corrected chi connectivity index (χ1v) is 7.41. The highest BCUT2D eigenvalue weighted by Gasteiger charge is 2.27. The third kappa shape index (κ3) is 2.69. The van der Waals surface area contributed by atoms with E-state index in [1.165, 1.54) is 16.4 Å². The van der Waals surface area contributed by atoms with Crippen molar-refractivity contribution in [1.82, 2.24) is 4.31 Å². The van der Waals surface area contributed by atoms with Gasteiger partial charge in [0, 0.05) is 19.2 Å². The van der Waals surface area contributed by atoms with Gasteiger partial charge >= 0.3 is 0 Å². The molecule has 0 amide bonds. The zero-order chi connectivity index (χ0) is 14.0. The second kappa shape index (κ2) is 5.14. The lowest BCUT2D eigenvalue weighted by Crippen LogP contribution is -2.35. The molecule has 2 N–H and O–H groups in total. The van der Waals surface area contributed by atoms with Gasteiger partial charge in [0.25, 0.3) is 5.69 Å². The summed E-state index contributed by atoms with van der Waals surface area (Å²) in [6.45, 7) is 0.918. The molecule has 8 heteroatoms. The van der Waals surface area contributed by atoms with Crippen LogP contribution in [0, 0.1) is 10.1 Å². The van der Waals surface area contributed by atoms with Crippen LogP contribution in [0.15, 0.2) is 23.1 Å². The minimum absolute atomic E-state index is 0.0393. The third-order valence-corrected chi connectivity index (χ3v) is 5.05. The molecule has 0 saturated carbocycles. The van der Waals surface area contributed by atoms with Crippen LogP contribution in [-0.2, 0) is 10.0 Å². The van der Waals surface area contributed by atoms with E-state index in [1.807, 2.05) is 0 Å². The van der Waals surface area contributed by atoms with Crippen LogP contribution >= 0.6 is 0 Å². The quantitative estimate of drug-likeness (QED) is 0.512. The molecule has 0 unspecified atom stereocenters. The van der Waals surface area contributed by atoms with Gasteiger partial charge < -0.3 is 5.73 Å². The summed E-state index contributed by atoms with van der Waals surface area (Å²) < 4.78 is 26.0. The summed E-state index contributed by atoms with van der Waals surface area (Å²) in [5.41, 5.74) is 5.05. The van der Waals surface area contributed by atoms with E-state index in [0.717, 1.165) is 25.3 Å². The number of hydrogen-bond donors (Lipinski definition) is 1. The molecule has 1 heterocycles. The normalized spacial score (nSPS) is 17.3. The Morgan fingerprint density at radius 3 is 2.42 bits per heavy atom. The molecule has 104 valence electrons. The Morgan fingerprint density at radius 1 is 1.21 bits per heavy atom. The number of hydrogen-bond acceptors (Lipinski definition) is 5. The van der Waals surface area contributed by atoms with Crippen molar-refractivity contribution in [3.8, 4) is 0 Å². The van der Waals surface area contributed by atoms with Crippen LogP contribution in [0.4, 0.5) is 11.4 Å². The van der Waals surface area contributed by atoms with Crippen LogP contribution in [0.25, 0.3) is 0 Å². The standard InChI is InChI=1S/C11H15N3O4S/c12-10-5-4-9(8-11(10)14(15)16)19(17,18)13-6-2-1-3-7-13/h4-5,8H,1-3,6-7,12H2. The molecular formula is C11H15N3O4S. The van der Waals surface area contributed by atoms with Crippen molar-refractivity contribution < 1.29 is 13.3 Å². The van der Waals surface area contributed by atoms with Gasteiger partial charge in [0.1, 0.15) is 5.69 Å². The van der Waals surface area contributed by atoms with Crippen LogP contribution < -0.4 is 5.73 Å². The lowest BCUT2D eigenvalue weighted by atomic mass is 10.2. The Balaban J connectivity index is 2.40. The van der Waals surface area contributed by atoms with Crippen LogP contribution in [0.1, 0.15) is 19.3 Å². The first kappa shape index (κ1) is 13.8. The lowest BCUT2D eigenvalue weighted by Gasteiger charge is -2.25. The predicted octanol–water partition coefficient (Wildman–Crippen LogP) is 1.35. The minimum atomic E-state index is -3.66. The number of nitro groups is 1. The molecular weight excluding hydrogens is 270 g/mol. The first-order chi connectivity index (χ1) is 8.93. The summed E-state index contributed by atoms with van der Waals surface area (Å²) in [6, 6.07) is 3.60. The maximum atomic E-state index is 12.3. The number of rotatable bonds is 3. The van der Waals surface area contributed by atoms with Crippen LogP contribution in [-0.4, -0.2) is 30.7 Å². The van der Waals surface area contributed by atoms with E-state index in [9.17, 15) is 18.5 Å². The second-order valence-corrected chi connectivity index (χ2v) is 6.38. The van der Waals surface area contributed by atoms with E-state index >= 15 is 0 Å². The van der Waals surface area contributed by atoms with Gasteiger partial charge in [0.2, 0.25) is 10.0 Å². The van der Waals surface area contributed by atoms with E-state index in [0.29, 0.717) is 13.1 Å². The topological polar surface area (TPSA) is 107 Å². The summed E-state index contributed by atoms with van der Waals surface area (Å²) in [5, 5.41) is 10.8. The van der Waals surface area contributed by atoms with Crippen molar-refractivity contribution in [3.63, 3.8) is 0 Å². The van der Waals surface area contributed by atoms with Gasteiger partial charge in [-0.2, -0.15) is 4.31 Å². The maximum Gasteiger partial charge on any atom is 0.293 e. The SMILES string of the molecule is Nc1ccc(S(=O)(=O)N2CCCCC2)cc1[N+](=O)[O-]. The Labute approximate surface area is 111 Å². The van der Waals surface area contributed by atoms with E-state index in [-0.39, 0.29) is 16.3 Å². The largest absolute Gasteiger partial charge is 0.393 e. The third-order valence-electron chi connectivity index (χ3n) is 3.15. The Morgan fingerprint density at radius 2 is 1.84 bits per heavy atom. The van der Waals surface area contributed by atoms with E-state index in [1.54, 1.807) is 0 Å². The van der Waals surface area contributed by atoms with E-state index < -0.39 is 14.9 Å². The average molecular weight is 285 g/mol. The number of sulfonamides is 1. The number of nitrogen functional groups attached to an aromatic ring is 1. The van der Waals surface area contributed by atoms with E-state index in [4.69, 9.17) is 5.73 Å². The highest BCUT2D eigenvalue weighted by atomic mass is 32.2. The number of anilines is 1. The second-order valence-electron chi connectivity index (χ2n) is 4.44. The van der Waals surface area contributed by atoms with Crippen LogP contribution in [0.5, 0.6) is 0 Å². The molecule has 1 aliphatic rings. The predicted molar refractivity (Wildman–Crippen MR) is 70.1 cm³/mol. The molecule has 0 aliphatic carbocycles. The number of nitrogens with two attached hydrogens (primary N) is 1. The molecule has 0 radical (unpaired) electrons. The first-order valence-electron chi connectivity index (χ1n) is 5.97. The number of nitrogens with zero attached hydrogens (tertiary/aromatic N) is 2. The van der Waals surface area contributed by atoms with Crippen molar-refractivity contribution >= 4 is 21.4 Å². The van der Waals surface area contributed by atoms with Crippen molar-refractivity contribution in [2.24, 2.45) is 0 Å². The summed E-state index contributed by atoms with van der Waals surface area (Å²) >= 11 is 0. The molecule has 0 aromatic heterocycles. The summed E-state index contributed by atoms with van der Waals surface area (Å²) in [5.74, 6) is 0. The van der Waals surface area contributed by atoms with Gasteiger partial charge in [-0.15, -0.1) is 0 Å². The zero-order valence-corrected chi connectivity index (χ0v) is 11.1. The fourth-order valence-corrected chi connectivity index (χ4v) is 3.63. The summed E-state index contributed by atoms with van der Waals surface area (Å²) in [4.78, 5) is 10.0. The van der Waals surface area contributed by atoms with Crippen LogP contribution in [0.3, 0.4) is 0 Å². The smallest absolute Gasteiger partial charge is 0.293 e. The molecule has 1 aromatic rings. The number of nitro benzene ring substituents is 1. The molecule has 1 fully saturated rings. The monoisotopic (exact) mass is 285 g/mol. The van der Waals surface area contributed by atoms with Gasteiger partial charge in [0.05, 0.1) is 9.82 Å². The van der Waals surface area contributed by atoms with Crippen molar-refractivity contribution in [2.75, 3.05) is 18.8 Å². The zero-order valence-electron chi connectivity index (χ0n) is 10.3. The van der Waals surface area contributed by atoms with Gasteiger partial charge in [-0.3, -0.25) is 10.1 Å². The molecule has 19 heavy (non-hydrogen) atoms. The van der Waals surface area contributed by atoms with Crippen molar-refractivity contribution in [1.29, 1.82) is 0 Å². The van der Waals surface area contributed by atoms with E-state index in [2.05, 4.69) is 0 Å². The Bertz CT molecular complexity index is 594. The van der Waals surface area contributed by atoms with Crippen molar-refractivity contribution in [2.45, 2.75) is 24.2 Å². The van der Waals surface area contributed by atoms with Crippen LogP contribution in [0.2, 0.25) is 0 Å². The Kier molecular flexibility index (Phi) is 3.72. The van der Waals surface area contributed by atoms with Gasteiger partial charge in [-0.05, 0) is 25.0 Å². The lowest BCUT2D eigenvalue weighted by molar-refractivity contribution is -0.384. The fourth-order valence-electron chi connectivity index (χ4n) is 2.10. The summed E-state index contributed by atoms with van der Waals surface area (Å²) in [7, 11) is -3.66. The molecule has 0 spiro atoms. The van der Waals surface area contributed by atoms with Gasteiger partial charge in [-0.1, -0.05) is 6.42 Å². The molecule has 2 rings (SSSR count). The maximum absolute atomic E-state index is 12.3. The summed E-state index contributed by atoms with van der Waals surface area (Å²) in [6.07, 6.45) is 2.64. The highest BCUT2D eigenvalue weighted by molar-refractivity contribution is 7.89. The molecule has 0 bridgehead atoms. The molecule has 1 aliphatic heterocycles. The average Bonchev–Trinajstić information content (AvgIpc) is 2.39.